The third kappa shape index (κ3) is 2.80. The molecule has 3 aromatic rings. The maximum Gasteiger partial charge on any atom is 0.310 e. The fraction of sp³-hybridized carbons (Fsp3) is 0.188. The highest BCUT2D eigenvalue weighted by atomic mass is 32.2. The zero-order valence-corrected chi connectivity index (χ0v) is 13.5. The number of ether oxygens (including phenoxy) is 1. The Morgan fingerprint density at radius 1 is 1.23 bits per heavy atom. The van der Waals surface area contributed by atoms with Crippen LogP contribution in [0.3, 0.4) is 0 Å². The number of hydrogen-bond donors (Lipinski definition) is 0. The van der Waals surface area contributed by atoms with Crippen molar-refractivity contribution in [2.24, 2.45) is 0 Å². The summed E-state index contributed by atoms with van der Waals surface area (Å²) in [6.45, 7) is 2.09. The molecular formula is C16H13NO3S2. The zero-order chi connectivity index (χ0) is 15.5. The molecule has 4 nitrogen and oxygen atoms in total. The number of benzene rings is 1. The fourth-order valence-corrected chi connectivity index (χ4v) is 4.27. The third-order valence-corrected chi connectivity index (χ3v) is 5.33. The molecule has 0 unspecified atom stereocenters. The minimum atomic E-state index is -0.336. The summed E-state index contributed by atoms with van der Waals surface area (Å²) in [4.78, 5) is 29.4. The van der Waals surface area contributed by atoms with Crippen molar-refractivity contribution in [1.82, 2.24) is 4.98 Å². The largest absolute Gasteiger partial charge is 0.466 e. The highest BCUT2D eigenvalue weighted by Crippen LogP contribution is 2.35. The molecule has 0 N–H and O–H groups in total. The number of aromatic nitrogens is 1. The van der Waals surface area contributed by atoms with Crippen molar-refractivity contribution in [2.75, 3.05) is 6.61 Å². The van der Waals surface area contributed by atoms with Crippen molar-refractivity contribution >= 4 is 44.0 Å². The van der Waals surface area contributed by atoms with Crippen molar-refractivity contribution in [3.8, 4) is 0 Å². The van der Waals surface area contributed by atoms with Gasteiger partial charge in [-0.05, 0) is 6.92 Å². The molecule has 0 spiro atoms. The van der Waals surface area contributed by atoms with Gasteiger partial charge in [0.25, 0.3) is 0 Å². The van der Waals surface area contributed by atoms with Crippen LogP contribution < -0.4 is 0 Å². The summed E-state index contributed by atoms with van der Waals surface area (Å²) in [6.07, 6.45) is 0.0749. The minimum Gasteiger partial charge on any atom is -0.466 e. The van der Waals surface area contributed by atoms with Crippen LogP contribution in [0.5, 0.6) is 0 Å². The Labute approximate surface area is 135 Å². The second-order valence-electron chi connectivity index (χ2n) is 4.58. The molecule has 0 fully saturated rings. The molecule has 22 heavy (non-hydrogen) atoms. The van der Waals surface area contributed by atoms with Crippen LogP contribution in [-0.4, -0.2) is 23.3 Å². The van der Waals surface area contributed by atoms with E-state index in [1.807, 2.05) is 18.2 Å². The van der Waals surface area contributed by atoms with E-state index in [2.05, 4.69) is 4.98 Å². The van der Waals surface area contributed by atoms with Crippen LogP contribution in [0.15, 0.2) is 35.8 Å². The van der Waals surface area contributed by atoms with Crippen LogP contribution in [0.25, 0.3) is 9.53 Å². The summed E-state index contributed by atoms with van der Waals surface area (Å²) in [7, 11) is 0. The monoisotopic (exact) mass is 331 g/mol. The first-order valence-corrected chi connectivity index (χ1v) is 8.50. The van der Waals surface area contributed by atoms with Gasteiger partial charge in [0.1, 0.15) is 4.01 Å². The normalized spacial score (nSPS) is 10.8. The summed E-state index contributed by atoms with van der Waals surface area (Å²) < 4.78 is 5.97. The first-order chi connectivity index (χ1) is 10.7. The molecule has 112 valence electrons. The lowest BCUT2D eigenvalue weighted by atomic mass is 10.0. The summed E-state index contributed by atoms with van der Waals surface area (Å²) in [5.41, 5.74) is 3.75. The Balaban J connectivity index is 2.03. The first kappa shape index (κ1) is 14.9. The lowest BCUT2D eigenvalue weighted by molar-refractivity contribution is -0.142. The van der Waals surface area contributed by atoms with E-state index >= 15 is 0 Å². The number of esters is 1. The average molecular weight is 331 g/mol. The van der Waals surface area contributed by atoms with Crippen LogP contribution >= 0.6 is 22.7 Å². The van der Waals surface area contributed by atoms with Gasteiger partial charge < -0.3 is 4.74 Å². The zero-order valence-electron chi connectivity index (χ0n) is 11.9. The maximum absolute atomic E-state index is 12.7. The molecule has 0 bridgehead atoms. The SMILES string of the molecule is CCOC(=O)Cc1c(C(=O)c2ccccc2)sc2scnc12. The van der Waals surface area contributed by atoms with E-state index in [-0.39, 0.29) is 18.2 Å². The van der Waals surface area contributed by atoms with Crippen LogP contribution in [-0.2, 0) is 16.0 Å². The van der Waals surface area contributed by atoms with Gasteiger partial charge in [-0.15, -0.1) is 22.7 Å². The Kier molecular flexibility index (Phi) is 4.31. The Morgan fingerprint density at radius 3 is 2.73 bits per heavy atom. The van der Waals surface area contributed by atoms with Gasteiger partial charge in [0.15, 0.2) is 0 Å². The maximum atomic E-state index is 12.7. The third-order valence-electron chi connectivity index (χ3n) is 3.16. The van der Waals surface area contributed by atoms with Gasteiger partial charge >= 0.3 is 5.97 Å². The molecule has 0 aliphatic rings. The number of ketones is 1. The summed E-state index contributed by atoms with van der Waals surface area (Å²) in [5.74, 6) is -0.410. The molecule has 0 aliphatic carbocycles. The van der Waals surface area contributed by atoms with Crippen LogP contribution in [0, 0.1) is 0 Å². The standard InChI is InChI=1S/C16H13NO3S2/c1-2-20-12(18)8-11-13-16(21-9-17-13)22-15(11)14(19)10-6-4-3-5-7-10/h3-7,9H,2,8H2,1H3. The van der Waals surface area contributed by atoms with Gasteiger partial charge in [0.2, 0.25) is 5.78 Å². The van der Waals surface area contributed by atoms with Gasteiger partial charge in [-0.25, -0.2) is 4.98 Å². The van der Waals surface area contributed by atoms with E-state index in [9.17, 15) is 9.59 Å². The highest BCUT2D eigenvalue weighted by Gasteiger charge is 2.23. The number of carbonyl (C=O) groups excluding carboxylic acids is 2. The molecule has 3 rings (SSSR count). The summed E-state index contributed by atoms with van der Waals surface area (Å²) in [5, 5.41) is 0. The Bertz CT molecular complexity index is 820. The smallest absolute Gasteiger partial charge is 0.310 e. The van der Waals surface area contributed by atoms with Crippen molar-refractivity contribution in [2.45, 2.75) is 13.3 Å². The van der Waals surface area contributed by atoms with E-state index in [4.69, 9.17) is 4.74 Å². The van der Waals surface area contributed by atoms with E-state index in [0.29, 0.717) is 22.6 Å². The van der Waals surface area contributed by atoms with Crippen molar-refractivity contribution in [3.05, 3.63) is 51.8 Å². The quantitative estimate of drug-likeness (QED) is 0.528. The number of hydrogen-bond acceptors (Lipinski definition) is 6. The summed E-state index contributed by atoms with van der Waals surface area (Å²) in [6, 6.07) is 9.07. The predicted molar refractivity (Wildman–Crippen MR) is 87.7 cm³/mol. The molecule has 2 heterocycles. The van der Waals surface area contributed by atoms with E-state index in [0.717, 1.165) is 9.53 Å². The van der Waals surface area contributed by atoms with E-state index in [1.54, 1.807) is 24.6 Å². The second kappa shape index (κ2) is 6.37. The topological polar surface area (TPSA) is 56.3 Å². The number of nitrogens with zero attached hydrogens (tertiary/aromatic N) is 1. The van der Waals surface area contributed by atoms with E-state index in [1.165, 1.54) is 22.7 Å². The van der Waals surface area contributed by atoms with Crippen molar-refractivity contribution in [3.63, 3.8) is 0 Å². The second-order valence-corrected chi connectivity index (χ2v) is 6.71. The van der Waals surface area contributed by atoms with E-state index < -0.39 is 0 Å². The predicted octanol–water partition coefficient (Wildman–Crippen LogP) is 3.69. The number of thiophene rings is 1. The molecule has 0 saturated carbocycles. The van der Waals surface area contributed by atoms with Gasteiger partial charge in [-0.1, -0.05) is 30.3 Å². The average Bonchev–Trinajstić information content (AvgIpc) is 3.10. The Morgan fingerprint density at radius 2 is 2.00 bits per heavy atom. The molecule has 6 heteroatoms. The lowest BCUT2D eigenvalue weighted by Crippen LogP contribution is -2.10. The molecule has 0 aliphatic heterocycles. The van der Waals surface area contributed by atoms with Gasteiger partial charge in [-0.2, -0.15) is 0 Å². The minimum absolute atomic E-state index is 0.0740. The number of thiazole rings is 1. The number of rotatable bonds is 5. The highest BCUT2D eigenvalue weighted by molar-refractivity contribution is 7.38. The van der Waals surface area contributed by atoms with Gasteiger partial charge in [0.05, 0.1) is 28.9 Å². The molecule has 0 amide bonds. The van der Waals surface area contributed by atoms with Crippen LogP contribution in [0.1, 0.15) is 27.7 Å². The van der Waals surface area contributed by atoms with Crippen LogP contribution in [0.4, 0.5) is 0 Å². The number of carbonyl (C=O) groups is 2. The molecular weight excluding hydrogens is 318 g/mol. The molecule has 1 aromatic carbocycles. The van der Waals surface area contributed by atoms with Crippen molar-refractivity contribution < 1.29 is 14.3 Å². The van der Waals surface area contributed by atoms with Crippen molar-refractivity contribution in [1.29, 1.82) is 0 Å². The first-order valence-electron chi connectivity index (χ1n) is 6.81. The summed E-state index contributed by atoms with van der Waals surface area (Å²) >= 11 is 2.87. The number of fused-ring (bicyclic) bond motifs is 1. The van der Waals surface area contributed by atoms with Crippen LogP contribution in [0.2, 0.25) is 0 Å². The molecule has 0 saturated heterocycles. The molecule has 0 atom stereocenters. The van der Waals surface area contributed by atoms with Gasteiger partial charge in [0, 0.05) is 11.1 Å². The lowest BCUT2D eigenvalue weighted by Gasteiger charge is -2.04. The molecule has 0 radical (unpaired) electrons. The molecule has 2 aromatic heterocycles. The fourth-order valence-electron chi connectivity index (χ4n) is 2.20. The van der Waals surface area contributed by atoms with Gasteiger partial charge in [-0.3, -0.25) is 9.59 Å². The Hall–Kier alpha value is -2.05.